The molecule has 3 aromatic rings. The summed E-state index contributed by atoms with van der Waals surface area (Å²) in [6.07, 6.45) is 4.97. The summed E-state index contributed by atoms with van der Waals surface area (Å²) in [5.74, 6) is 0.133. The molecule has 1 aromatic heterocycles. The van der Waals surface area contributed by atoms with Crippen molar-refractivity contribution in [1.29, 1.82) is 5.26 Å². The van der Waals surface area contributed by atoms with Crippen molar-refractivity contribution in [2.24, 2.45) is 0 Å². The van der Waals surface area contributed by atoms with Crippen LogP contribution in [0.2, 0.25) is 0 Å². The predicted molar refractivity (Wildman–Crippen MR) is 114 cm³/mol. The van der Waals surface area contributed by atoms with Gasteiger partial charge in [-0.1, -0.05) is 30.3 Å². The summed E-state index contributed by atoms with van der Waals surface area (Å²) < 4.78 is 1.22. The molecule has 0 spiro atoms. The smallest absolute Gasteiger partial charge is 0.223 e. The predicted octanol–water partition coefficient (Wildman–Crippen LogP) is 5.10. The van der Waals surface area contributed by atoms with Crippen molar-refractivity contribution in [2.75, 3.05) is 6.54 Å². The van der Waals surface area contributed by atoms with E-state index < -0.39 is 0 Å². The van der Waals surface area contributed by atoms with Gasteiger partial charge in [0, 0.05) is 19.5 Å². The van der Waals surface area contributed by atoms with Crippen molar-refractivity contribution in [3.05, 3.63) is 77.3 Å². The summed E-state index contributed by atoms with van der Waals surface area (Å²) in [5.41, 5.74) is 2.70. The van der Waals surface area contributed by atoms with E-state index in [0.717, 1.165) is 35.4 Å². The molecule has 0 radical (unpaired) electrons. The van der Waals surface area contributed by atoms with Crippen LogP contribution in [0.25, 0.3) is 10.2 Å². The Balaban J connectivity index is 1.49. The molecule has 0 N–H and O–H groups in total. The standard InChI is InChI=1S/C23H23N3OS/c1-2-15-26(17-19-13-11-18(16-24)12-14-19)23(27)10-6-5-9-22-25-20-7-3-4-8-21(20)28-22/h2-4,7-8,11-14H,1,5-6,9-10,15,17H2. The van der Waals surface area contributed by atoms with Gasteiger partial charge in [-0.25, -0.2) is 4.98 Å². The van der Waals surface area contributed by atoms with Gasteiger partial charge in [-0.05, 0) is 49.1 Å². The van der Waals surface area contributed by atoms with Gasteiger partial charge < -0.3 is 4.90 Å². The number of para-hydroxylation sites is 1. The van der Waals surface area contributed by atoms with Gasteiger partial charge in [-0.2, -0.15) is 5.26 Å². The highest BCUT2D eigenvalue weighted by Crippen LogP contribution is 2.23. The van der Waals surface area contributed by atoms with Crippen LogP contribution in [-0.4, -0.2) is 22.3 Å². The fourth-order valence-electron chi connectivity index (χ4n) is 3.05. The Morgan fingerprint density at radius 1 is 1.18 bits per heavy atom. The van der Waals surface area contributed by atoms with Gasteiger partial charge in [-0.15, -0.1) is 17.9 Å². The Hall–Kier alpha value is -2.97. The molecule has 2 aromatic carbocycles. The third-order valence-corrected chi connectivity index (χ3v) is 5.62. The van der Waals surface area contributed by atoms with E-state index in [2.05, 4.69) is 23.7 Å². The first-order chi connectivity index (χ1) is 13.7. The van der Waals surface area contributed by atoms with Gasteiger partial charge in [0.1, 0.15) is 0 Å². The number of carbonyl (C=O) groups excluding carboxylic acids is 1. The fraction of sp³-hybridized carbons (Fsp3) is 0.261. The third-order valence-electron chi connectivity index (χ3n) is 4.53. The Labute approximate surface area is 169 Å². The fourth-order valence-corrected chi connectivity index (χ4v) is 4.06. The highest BCUT2D eigenvalue weighted by Gasteiger charge is 2.13. The summed E-state index contributed by atoms with van der Waals surface area (Å²) in [4.78, 5) is 19.1. The molecule has 4 nitrogen and oxygen atoms in total. The van der Waals surface area contributed by atoms with Crippen molar-refractivity contribution in [1.82, 2.24) is 9.88 Å². The summed E-state index contributed by atoms with van der Waals surface area (Å²) in [6, 6.07) is 17.6. The van der Waals surface area contributed by atoms with Crippen LogP contribution < -0.4 is 0 Å². The van der Waals surface area contributed by atoms with E-state index in [4.69, 9.17) is 5.26 Å². The average molecular weight is 390 g/mol. The van der Waals surface area contributed by atoms with E-state index in [1.54, 1.807) is 29.5 Å². The molecule has 5 heteroatoms. The Morgan fingerprint density at radius 3 is 2.68 bits per heavy atom. The minimum atomic E-state index is 0.133. The van der Waals surface area contributed by atoms with E-state index in [0.29, 0.717) is 25.1 Å². The number of carbonyl (C=O) groups is 1. The van der Waals surface area contributed by atoms with Crippen LogP contribution in [0.5, 0.6) is 0 Å². The van der Waals surface area contributed by atoms with E-state index in [9.17, 15) is 4.79 Å². The van der Waals surface area contributed by atoms with Crippen molar-refractivity contribution >= 4 is 27.5 Å². The maximum Gasteiger partial charge on any atom is 0.223 e. The zero-order valence-electron chi connectivity index (χ0n) is 15.8. The monoisotopic (exact) mass is 389 g/mol. The lowest BCUT2D eigenvalue weighted by atomic mass is 10.1. The van der Waals surface area contributed by atoms with E-state index in [1.165, 1.54) is 4.70 Å². The highest BCUT2D eigenvalue weighted by atomic mass is 32.1. The number of nitrogens with zero attached hydrogens (tertiary/aromatic N) is 3. The number of aryl methyl sites for hydroxylation is 1. The van der Waals surface area contributed by atoms with Gasteiger partial charge in [-0.3, -0.25) is 4.79 Å². The Morgan fingerprint density at radius 2 is 1.96 bits per heavy atom. The SMILES string of the molecule is C=CCN(Cc1ccc(C#N)cc1)C(=O)CCCCc1nc2ccccc2s1. The van der Waals surface area contributed by atoms with Crippen LogP contribution in [0.1, 0.15) is 35.4 Å². The number of thiazole rings is 1. The Bertz CT molecular complexity index is 952. The van der Waals surface area contributed by atoms with Crippen molar-refractivity contribution in [2.45, 2.75) is 32.2 Å². The molecule has 0 saturated carbocycles. The van der Waals surface area contributed by atoms with Gasteiger partial charge in [0.25, 0.3) is 0 Å². The minimum Gasteiger partial charge on any atom is -0.335 e. The second-order valence-corrected chi connectivity index (χ2v) is 7.77. The van der Waals surface area contributed by atoms with Gasteiger partial charge in [0.05, 0.1) is 26.9 Å². The van der Waals surface area contributed by atoms with E-state index in [1.807, 2.05) is 35.2 Å². The lowest BCUT2D eigenvalue weighted by molar-refractivity contribution is -0.131. The number of benzene rings is 2. The number of hydrogen-bond acceptors (Lipinski definition) is 4. The Kier molecular flexibility index (Phi) is 6.94. The first kappa shape index (κ1) is 19.8. The van der Waals surface area contributed by atoms with Gasteiger partial charge in [0.2, 0.25) is 5.91 Å². The molecule has 142 valence electrons. The molecule has 0 aliphatic carbocycles. The molecule has 0 aliphatic heterocycles. The molecule has 0 fully saturated rings. The van der Waals surface area contributed by atoms with Crippen LogP contribution in [0.4, 0.5) is 0 Å². The van der Waals surface area contributed by atoms with Crippen molar-refractivity contribution in [3.8, 4) is 6.07 Å². The topological polar surface area (TPSA) is 57.0 Å². The number of nitriles is 1. The molecule has 0 unspecified atom stereocenters. The molecule has 3 rings (SSSR count). The van der Waals surface area contributed by atoms with Crippen molar-refractivity contribution in [3.63, 3.8) is 0 Å². The average Bonchev–Trinajstić information content (AvgIpc) is 3.14. The molecule has 0 bridgehead atoms. The van der Waals surface area contributed by atoms with Crippen LogP contribution in [-0.2, 0) is 17.8 Å². The van der Waals surface area contributed by atoms with Gasteiger partial charge in [0.15, 0.2) is 0 Å². The summed E-state index contributed by atoms with van der Waals surface area (Å²) in [7, 11) is 0. The van der Waals surface area contributed by atoms with Crippen LogP contribution >= 0.6 is 11.3 Å². The normalized spacial score (nSPS) is 10.5. The number of hydrogen-bond donors (Lipinski definition) is 0. The van der Waals surface area contributed by atoms with E-state index in [-0.39, 0.29) is 5.91 Å². The molecule has 1 heterocycles. The number of aromatic nitrogens is 1. The van der Waals surface area contributed by atoms with Crippen LogP contribution in [0, 0.1) is 11.3 Å². The second kappa shape index (κ2) is 9.82. The van der Waals surface area contributed by atoms with Gasteiger partial charge >= 0.3 is 0 Å². The maximum atomic E-state index is 12.6. The maximum absolute atomic E-state index is 12.6. The summed E-state index contributed by atoms with van der Waals surface area (Å²) in [5, 5.41) is 10.0. The second-order valence-electron chi connectivity index (χ2n) is 6.65. The van der Waals surface area contributed by atoms with Crippen molar-refractivity contribution < 1.29 is 4.79 Å². The first-order valence-electron chi connectivity index (χ1n) is 9.42. The number of rotatable bonds is 9. The lowest BCUT2D eigenvalue weighted by Gasteiger charge is -2.21. The minimum absolute atomic E-state index is 0.133. The van der Waals surface area contributed by atoms with Crippen LogP contribution in [0.3, 0.4) is 0 Å². The van der Waals surface area contributed by atoms with E-state index >= 15 is 0 Å². The highest BCUT2D eigenvalue weighted by molar-refractivity contribution is 7.18. The zero-order chi connectivity index (χ0) is 19.8. The number of amides is 1. The zero-order valence-corrected chi connectivity index (χ0v) is 16.6. The molecular formula is C23H23N3OS. The molecule has 0 aliphatic rings. The van der Waals surface area contributed by atoms with Crippen LogP contribution in [0.15, 0.2) is 61.2 Å². The first-order valence-corrected chi connectivity index (χ1v) is 10.2. The number of unbranched alkanes of at least 4 members (excludes halogenated alkanes) is 1. The molecule has 1 amide bonds. The quantitative estimate of drug-likeness (QED) is 0.378. The molecule has 0 atom stereocenters. The third kappa shape index (κ3) is 5.28. The number of fused-ring (bicyclic) bond motifs is 1. The molecular weight excluding hydrogens is 366 g/mol. The lowest BCUT2D eigenvalue weighted by Crippen LogP contribution is -2.30. The summed E-state index contributed by atoms with van der Waals surface area (Å²) >= 11 is 1.73. The summed E-state index contributed by atoms with van der Waals surface area (Å²) in [6.45, 7) is 4.83. The molecule has 0 saturated heterocycles. The molecule has 28 heavy (non-hydrogen) atoms. The largest absolute Gasteiger partial charge is 0.335 e.